The van der Waals surface area contributed by atoms with Crippen LogP contribution in [0.1, 0.15) is 64.1 Å². The Morgan fingerprint density at radius 2 is 1.73 bits per heavy atom. The van der Waals surface area contributed by atoms with E-state index in [9.17, 15) is 9.59 Å². The molecular weight excluding hydrogens is 326 g/mol. The standard InChI is InChI=1S/C21H25N3O2/c1-14-8-9-18(12-15(14)2)24-20(25)16-10-11-22-19(13-16)21(26)23-17-6-4-3-5-7-17/h8-13,17H,3-7H2,1-2H3,(H,23,26)(H,24,25). The first-order chi connectivity index (χ1) is 12.5. The minimum Gasteiger partial charge on any atom is -0.348 e. The van der Waals surface area contributed by atoms with Crippen molar-refractivity contribution in [3.63, 3.8) is 0 Å². The Labute approximate surface area is 154 Å². The SMILES string of the molecule is Cc1ccc(NC(=O)c2ccnc(C(=O)NC3CCCCC3)c2)cc1C. The second-order valence-corrected chi connectivity index (χ2v) is 6.99. The molecule has 5 heteroatoms. The molecule has 1 aromatic heterocycles. The zero-order chi connectivity index (χ0) is 18.5. The predicted molar refractivity (Wildman–Crippen MR) is 102 cm³/mol. The monoisotopic (exact) mass is 351 g/mol. The first kappa shape index (κ1) is 18.1. The van der Waals surface area contributed by atoms with Crippen molar-refractivity contribution < 1.29 is 9.59 Å². The summed E-state index contributed by atoms with van der Waals surface area (Å²) in [6.45, 7) is 4.03. The minimum absolute atomic E-state index is 0.210. The number of carbonyl (C=O) groups excluding carboxylic acids is 2. The Hall–Kier alpha value is -2.69. The fraction of sp³-hybridized carbons (Fsp3) is 0.381. The molecule has 1 aromatic carbocycles. The minimum atomic E-state index is -0.248. The zero-order valence-corrected chi connectivity index (χ0v) is 15.3. The number of hydrogen-bond acceptors (Lipinski definition) is 3. The summed E-state index contributed by atoms with van der Waals surface area (Å²) in [6.07, 6.45) is 7.06. The number of pyridine rings is 1. The summed E-state index contributed by atoms with van der Waals surface area (Å²) < 4.78 is 0. The Kier molecular flexibility index (Phi) is 5.66. The summed E-state index contributed by atoms with van der Waals surface area (Å²) in [4.78, 5) is 29.1. The zero-order valence-electron chi connectivity index (χ0n) is 15.3. The maximum absolute atomic E-state index is 12.5. The van der Waals surface area contributed by atoms with E-state index in [2.05, 4.69) is 15.6 Å². The number of amides is 2. The Balaban J connectivity index is 1.68. The Morgan fingerprint density at radius 1 is 0.962 bits per heavy atom. The highest BCUT2D eigenvalue weighted by Crippen LogP contribution is 2.18. The molecule has 0 aliphatic heterocycles. The molecule has 0 atom stereocenters. The number of rotatable bonds is 4. The molecule has 1 heterocycles. The lowest BCUT2D eigenvalue weighted by Gasteiger charge is -2.22. The van der Waals surface area contributed by atoms with Crippen molar-refractivity contribution >= 4 is 17.5 Å². The predicted octanol–water partition coefficient (Wildman–Crippen LogP) is 4.01. The number of aryl methyl sites for hydroxylation is 2. The molecule has 0 radical (unpaired) electrons. The van der Waals surface area contributed by atoms with Gasteiger partial charge in [0.05, 0.1) is 0 Å². The van der Waals surface area contributed by atoms with Gasteiger partial charge < -0.3 is 10.6 Å². The molecule has 1 aliphatic rings. The third kappa shape index (κ3) is 4.48. The van der Waals surface area contributed by atoms with Gasteiger partial charge in [0.25, 0.3) is 11.8 Å². The van der Waals surface area contributed by atoms with Crippen molar-refractivity contribution in [1.29, 1.82) is 0 Å². The summed E-state index contributed by atoms with van der Waals surface area (Å²) in [5.74, 6) is -0.458. The summed E-state index contributed by atoms with van der Waals surface area (Å²) in [7, 11) is 0. The first-order valence-electron chi connectivity index (χ1n) is 9.18. The molecule has 2 amide bonds. The molecule has 0 unspecified atom stereocenters. The fourth-order valence-electron chi connectivity index (χ4n) is 3.22. The number of hydrogen-bond donors (Lipinski definition) is 2. The molecule has 1 fully saturated rings. The molecule has 1 saturated carbocycles. The number of benzene rings is 1. The topological polar surface area (TPSA) is 71.1 Å². The van der Waals surface area contributed by atoms with Gasteiger partial charge in [0.1, 0.15) is 5.69 Å². The number of nitrogens with one attached hydrogen (secondary N) is 2. The van der Waals surface area contributed by atoms with E-state index in [4.69, 9.17) is 0 Å². The molecule has 136 valence electrons. The van der Waals surface area contributed by atoms with Crippen molar-refractivity contribution in [2.24, 2.45) is 0 Å². The van der Waals surface area contributed by atoms with Crippen LogP contribution in [0.15, 0.2) is 36.5 Å². The van der Waals surface area contributed by atoms with Crippen LogP contribution in [-0.4, -0.2) is 22.8 Å². The van der Waals surface area contributed by atoms with Crippen molar-refractivity contribution in [2.75, 3.05) is 5.32 Å². The van der Waals surface area contributed by atoms with Crippen LogP contribution in [0.4, 0.5) is 5.69 Å². The van der Waals surface area contributed by atoms with Crippen LogP contribution in [0.2, 0.25) is 0 Å². The summed E-state index contributed by atoms with van der Waals surface area (Å²) >= 11 is 0. The molecule has 3 rings (SSSR count). The summed E-state index contributed by atoms with van der Waals surface area (Å²) in [6, 6.07) is 9.16. The lowest BCUT2D eigenvalue weighted by molar-refractivity contribution is 0.0922. The Bertz CT molecular complexity index is 811. The van der Waals surface area contributed by atoms with E-state index >= 15 is 0 Å². The van der Waals surface area contributed by atoms with E-state index in [-0.39, 0.29) is 23.6 Å². The van der Waals surface area contributed by atoms with Crippen molar-refractivity contribution in [3.05, 3.63) is 58.9 Å². The lowest BCUT2D eigenvalue weighted by atomic mass is 9.95. The maximum Gasteiger partial charge on any atom is 0.270 e. The van der Waals surface area contributed by atoms with Crippen molar-refractivity contribution in [2.45, 2.75) is 52.0 Å². The third-order valence-corrected chi connectivity index (χ3v) is 4.96. The van der Waals surface area contributed by atoms with Gasteiger partial charge in [-0.3, -0.25) is 14.6 Å². The second kappa shape index (κ2) is 8.13. The van der Waals surface area contributed by atoms with E-state index < -0.39 is 0 Å². The van der Waals surface area contributed by atoms with E-state index in [1.807, 2.05) is 32.0 Å². The Morgan fingerprint density at radius 3 is 2.46 bits per heavy atom. The average Bonchev–Trinajstić information content (AvgIpc) is 2.65. The van der Waals surface area contributed by atoms with Gasteiger partial charge in [-0.25, -0.2) is 0 Å². The molecule has 0 saturated heterocycles. The van der Waals surface area contributed by atoms with E-state index in [0.717, 1.165) is 36.9 Å². The van der Waals surface area contributed by atoms with Crippen molar-refractivity contribution in [1.82, 2.24) is 10.3 Å². The quantitative estimate of drug-likeness (QED) is 0.874. The molecule has 2 N–H and O–H groups in total. The molecule has 1 aliphatic carbocycles. The highest BCUT2D eigenvalue weighted by Gasteiger charge is 2.18. The van der Waals surface area contributed by atoms with Crippen LogP contribution >= 0.6 is 0 Å². The van der Waals surface area contributed by atoms with Crippen LogP contribution in [0, 0.1) is 13.8 Å². The number of anilines is 1. The lowest BCUT2D eigenvalue weighted by Crippen LogP contribution is -2.36. The average molecular weight is 351 g/mol. The van der Waals surface area contributed by atoms with Gasteiger partial charge in [0.2, 0.25) is 0 Å². The number of carbonyl (C=O) groups is 2. The first-order valence-corrected chi connectivity index (χ1v) is 9.18. The van der Waals surface area contributed by atoms with Gasteiger partial charge in [0, 0.05) is 23.5 Å². The van der Waals surface area contributed by atoms with Gasteiger partial charge in [-0.2, -0.15) is 0 Å². The second-order valence-electron chi connectivity index (χ2n) is 6.99. The van der Waals surface area contributed by atoms with Gasteiger partial charge >= 0.3 is 0 Å². The fourth-order valence-corrected chi connectivity index (χ4v) is 3.22. The molecule has 2 aromatic rings. The van der Waals surface area contributed by atoms with Crippen LogP contribution in [0.25, 0.3) is 0 Å². The summed E-state index contributed by atoms with van der Waals surface area (Å²) in [5.41, 5.74) is 3.73. The smallest absolute Gasteiger partial charge is 0.270 e. The number of nitrogens with zero attached hydrogens (tertiary/aromatic N) is 1. The van der Waals surface area contributed by atoms with E-state index in [1.165, 1.54) is 18.2 Å². The van der Waals surface area contributed by atoms with Gasteiger partial charge in [-0.05, 0) is 62.1 Å². The third-order valence-electron chi connectivity index (χ3n) is 4.96. The summed E-state index contributed by atoms with van der Waals surface area (Å²) in [5, 5.41) is 5.91. The molecule has 0 bridgehead atoms. The molecule has 26 heavy (non-hydrogen) atoms. The van der Waals surface area contributed by atoms with Crippen molar-refractivity contribution in [3.8, 4) is 0 Å². The molecule has 5 nitrogen and oxygen atoms in total. The highest BCUT2D eigenvalue weighted by atomic mass is 16.2. The number of aromatic nitrogens is 1. The van der Waals surface area contributed by atoms with Crippen LogP contribution in [0.3, 0.4) is 0 Å². The molecule has 0 spiro atoms. The van der Waals surface area contributed by atoms with Gasteiger partial charge in [-0.1, -0.05) is 25.3 Å². The maximum atomic E-state index is 12.5. The van der Waals surface area contributed by atoms with E-state index in [0.29, 0.717) is 5.56 Å². The van der Waals surface area contributed by atoms with E-state index in [1.54, 1.807) is 12.1 Å². The van der Waals surface area contributed by atoms with Crippen LogP contribution < -0.4 is 10.6 Å². The van der Waals surface area contributed by atoms with Crippen LogP contribution in [0.5, 0.6) is 0 Å². The van der Waals surface area contributed by atoms with Gasteiger partial charge in [-0.15, -0.1) is 0 Å². The normalized spacial score (nSPS) is 14.7. The largest absolute Gasteiger partial charge is 0.348 e. The highest BCUT2D eigenvalue weighted by molar-refractivity contribution is 6.05. The molecular formula is C21H25N3O2. The van der Waals surface area contributed by atoms with Crippen LogP contribution in [-0.2, 0) is 0 Å². The van der Waals surface area contributed by atoms with Gasteiger partial charge in [0.15, 0.2) is 0 Å².